The minimum absolute atomic E-state index is 0.201. The average molecular weight is 307 g/mol. The van der Waals surface area contributed by atoms with Crippen molar-refractivity contribution in [2.24, 2.45) is 7.05 Å². The highest BCUT2D eigenvalue weighted by atomic mass is 16.1. The third kappa shape index (κ3) is 2.30. The number of nitrogens with zero attached hydrogens (tertiary/aromatic N) is 7. The maximum Gasteiger partial charge on any atom is 0.281 e. The second-order valence-electron chi connectivity index (χ2n) is 5.18. The number of aromatic nitrogens is 7. The van der Waals surface area contributed by atoms with Crippen LogP contribution in [0.5, 0.6) is 0 Å². The molecule has 3 aromatic heterocycles. The van der Waals surface area contributed by atoms with E-state index in [0.717, 1.165) is 11.3 Å². The summed E-state index contributed by atoms with van der Waals surface area (Å²) >= 11 is 0. The van der Waals surface area contributed by atoms with Crippen LogP contribution in [0.3, 0.4) is 0 Å². The molecule has 0 fully saturated rings. The highest BCUT2D eigenvalue weighted by molar-refractivity contribution is 5.72. The number of aryl methyl sites for hydroxylation is 1. The molecule has 8 nitrogen and oxygen atoms in total. The predicted molar refractivity (Wildman–Crippen MR) is 83.2 cm³/mol. The van der Waals surface area contributed by atoms with Gasteiger partial charge in [-0.1, -0.05) is 17.3 Å². The monoisotopic (exact) mass is 307 g/mol. The first-order valence-electron chi connectivity index (χ1n) is 7.07. The van der Waals surface area contributed by atoms with E-state index < -0.39 is 0 Å². The van der Waals surface area contributed by atoms with Crippen LogP contribution in [0.25, 0.3) is 16.7 Å². The molecule has 4 aromatic rings. The first kappa shape index (κ1) is 13.4. The van der Waals surface area contributed by atoms with Gasteiger partial charge in [0, 0.05) is 19.4 Å². The lowest BCUT2D eigenvalue weighted by Crippen LogP contribution is -2.24. The van der Waals surface area contributed by atoms with Crippen molar-refractivity contribution in [1.82, 2.24) is 34.6 Å². The average Bonchev–Trinajstić information content (AvgIpc) is 3.21. The van der Waals surface area contributed by atoms with Crippen molar-refractivity contribution in [3.63, 3.8) is 0 Å². The third-order valence-electron chi connectivity index (χ3n) is 3.63. The Morgan fingerprint density at radius 2 is 2.09 bits per heavy atom. The molecular formula is C15H13N7O. The Morgan fingerprint density at radius 1 is 1.17 bits per heavy atom. The summed E-state index contributed by atoms with van der Waals surface area (Å²) in [5, 5.41) is 16.8. The van der Waals surface area contributed by atoms with Crippen molar-refractivity contribution < 1.29 is 0 Å². The molecule has 1 aromatic carbocycles. The van der Waals surface area contributed by atoms with E-state index in [2.05, 4.69) is 20.5 Å². The Labute approximate surface area is 130 Å². The van der Waals surface area contributed by atoms with Crippen LogP contribution in [0.4, 0.5) is 0 Å². The molecule has 8 heteroatoms. The fourth-order valence-electron chi connectivity index (χ4n) is 2.47. The molecule has 0 aliphatic rings. The van der Waals surface area contributed by atoms with E-state index in [-0.39, 0.29) is 5.56 Å². The number of rotatable bonds is 3. The predicted octanol–water partition coefficient (Wildman–Crippen LogP) is 0.759. The first-order chi connectivity index (χ1) is 11.2. The van der Waals surface area contributed by atoms with E-state index in [1.54, 1.807) is 17.9 Å². The summed E-state index contributed by atoms with van der Waals surface area (Å²) in [5.41, 5.74) is 2.15. The van der Waals surface area contributed by atoms with Gasteiger partial charge in [0.05, 0.1) is 18.4 Å². The zero-order valence-electron chi connectivity index (χ0n) is 12.4. The van der Waals surface area contributed by atoms with E-state index in [9.17, 15) is 4.79 Å². The smallest absolute Gasteiger partial charge is 0.267 e. The summed E-state index contributed by atoms with van der Waals surface area (Å²) in [7, 11) is 1.73. The van der Waals surface area contributed by atoms with Crippen LogP contribution >= 0.6 is 0 Å². The van der Waals surface area contributed by atoms with Crippen molar-refractivity contribution in [2.45, 2.75) is 6.54 Å². The van der Waals surface area contributed by atoms with Gasteiger partial charge >= 0.3 is 0 Å². The Hall–Kier alpha value is -3.29. The summed E-state index contributed by atoms with van der Waals surface area (Å²) < 4.78 is 4.64. The highest BCUT2D eigenvalue weighted by Crippen LogP contribution is 2.10. The topological polar surface area (TPSA) is 83.4 Å². The second kappa shape index (κ2) is 5.16. The number of benzene rings is 1. The SMILES string of the molecule is Cn1ncc2c(=O)n(Cc3cccc(-n4cccn4)c3)nnc21. The molecule has 3 heterocycles. The molecule has 23 heavy (non-hydrogen) atoms. The Balaban J connectivity index is 1.72. The molecule has 0 saturated heterocycles. The van der Waals surface area contributed by atoms with Gasteiger partial charge in [0.15, 0.2) is 5.65 Å². The fourth-order valence-corrected chi connectivity index (χ4v) is 2.47. The molecular weight excluding hydrogens is 294 g/mol. The van der Waals surface area contributed by atoms with Crippen molar-refractivity contribution in [3.8, 4) is 5.69 Å². The largest absolute Gasteiger partial charge is 0.281 e. The molecule has 0 spiro atoms. The van der Waals surface area contributed by atoms with Crippen molar-refractivity contribution in [2.75, 3.05) is 0 Å². The van der Waals surface area contributed by atoms with Crippen molar-refractivity contribution in [3.05, 3.63) is 64.8 Å². The Kier molecular flexibility index (Phi) is 3.00. The van der Waals surface area contributed by atoms with Gasteiger partial charge in [0.1, 0.15) is 5.39 Å². The Morgan fingerprint density at radius 3 is 2.91 bits per heavy atom. The van der Waals surface area contributed by atoms with E-state index in [4.69, 9.17) is 0 Å². The molecule has 0 N–H and O–H groups in total. The van der Waals surface area contributed by atoms with Crippen LogP contribution in [-0.2, 0) is 13.6 Å². The molecule has 0 radical (unpaired) electrons. The van der Waals surface area contributed by atoms with E-state index >= 15 is 0 Å². The number of hydrogen-bond donors (Lipinski definition) is 0. The van der Waals surface area contributed by atoms with E-state index in [1.165, 1.54) is 15.6 Å². The molecule has 0 saturated carbocycles. The van der Waals surface area contributed by atoms with Crippen molar-refractivity contribution >= 4 is 11.0 Å². The van der Waals surface area contributed by atoms with Crippen LogP contribution < -0.4 is 5.56 Å². The zero-order chi connectivity index (χ0) is 15.8. The van der Waals surface area contributed by atoms with Crippen LogP contribution in [0.2, 0.25) is 0 Å². The zero-order valence-corrected chi connectivity index (χ0v) is 12.4. The van der Waals surface area contributed by atoms with Gasteiger partial charge in [0.25, 0.3) is 5.56 Å². The molecule has 4 rings (SSSR count). The molecule has 0 bridgehead atoms. The van der Waals surface area contributed by atoms with Gasteiger partial charge in [-0.2, -0.15) is 10.2 Å². The van der Waals surface area contributed by atoms with Gasteiger partial charge in [-0.25, -0.2) is 14.0 Å². The van der Waals surface area contributed by atoms with Gasteiger partial charge < -0.3 is 0 Å². The van der Waals surface area contributed by atoms with E-state index in [1.807, 2.05) is 36.5 Å². The summed E-state index contributed by atoms with van der Waals surface area (Å²) in [5.74, 6) is 0. The first-order valence-corrected chi connectivity index (χ1v) is 7.07. The highest BCUT2D eigenvalue weighted by Gasteiger charge is 2.10. The molecule has 0 aliphatic heterocycles. The van der Waals surface area contributed by atoms with Gasteiger partial charge in [-0.3, -0.25) is 4.79 Å². The summed E-state index contributed by atoms with van der Waals surface area (Å²) in [4.78, 5) is 12.4. The van der Waals surface area contributed by atoms with E-state index in [0.29, 0.717) is 17.6 Å². The van der Waals surface area contributed by atoms with Gasteiger partial charge in [0.2, 0.25) is 0 Å². The summed E-state index contributed by atoms with van der Waals surface area (Å²) in [6, 6.07) is 9.64. The molecule has 0 atom stereocenters. The second-order valence-corrected chi connectivity index (χ2v) is 5.18. The summed E-state index contributed by atoms with van der Waals surface area (Å²) in [6.45, 7) is 0.339. The maximum atomic E-state index is 12.4. The van der Waals surface area contributed by atoms with Gasteiger partial charge in [-0.15, -0.1) is 5.10 Å². The van der Waals surface area contributed by atoms with Crippen LogP contribution in [0, 0.1) is 0 Å². The lowest BCUT2D eigenvalue weighted by atomic mass is 10.2. The Bertz CT molecular complexity index is 1030. The number of hydrogen-bond acceptors (Lipinski definition) is 5. The van der Waals surface area contributed by atoms with Crippen molar-refractivity contribution in [1.29, 1.82) is 0 Å². The summed E-state index contributed by atoms with van der Waals surface area (Å²) in [6.07, 6.45) is 5.11. The number of fused-ring (bicyclic) bond motifs is 1. The third-order valence-corrected chi connectivity index (χ3v) is 3.63. The maximum absolute atomic E-state index is 12.4. The lowest BCUT2D eigenvalue weighted by Gasteiger charge is -2.06. The fraction of sp³-hybridized carbons (Fsp3) is 0.133. The van der Waals surface area contributed by atoms with Crippen LogP contribution in [-0.4, -0.2) is 34.6 Å². The quantitative estimate of drug-likeness (QED) is 0.558. The molecule has 0 aliphatic carbocycles. The van der Waals surface area contributed by atoms with Crippen LogP contribution in [0.1, 0.15) is 5.56 Å². The minimum Gasteiger partial charge on any atom is -0.267 e. The minimum atomic E-state index is -0.201. The normalized spacial score (nSPS) is 11.2. The lowest BCUT2D eigenvalue weighted by molar-refractivity contribution is 0.595. The molecule has 0 unspecified atom stereocenters. The molecule has 0 amide bonds. The van der Waals surface area contributed by atoms with Crippen LogP contribution in [0.15, 0.2) is 53.7 Å². The van der Waals surface area contributed by atoms with Gasteiger partial charge in [-0.05, 0) is 23.8 Å². The molecule has 114 valence electrons. The standard InChI is InChI=1S/C15H13N7O/c1-20-14-13(9-17-20)15(23)22(19-18-14)10-11-4-2-5-12(8-11)21-7-3-6-16-21/h2-9H,10H2,1H3.